The van der Waals surface area contributed by atoms with E-state index in [2.05, 4.69) is 350 Å². The van der Waals surface area contributed by atoms with Crippen LogP contribution in [0.1, 0.15) is 192 Å². The summed E-state index contributed by atoms with van der Waals surface area (Å²) in [6.07, 6.45) is 25.7. The first kappa shape index (κ1) is 89.8. The number of allylic oxidation sites excluding steroid dienone is 7. The number of aryl methyl sites for hydroxylation is 10. The van der Waals surface area contributed by atoms with Crippen LogP contribution in [0.25, 0.3) is 123 Å². The van der Waals surface area contributed by atoms with Crippen LogP contribution >= 0.6 is 22.7 Å². The van der Waals surface area contributed by atoms with E-state index >= 15 is 0 Å². The molecule has 0 atom stereocenters. The van der Waals surface area contributed by atoms with Gasteiger partial charge in [0.05, 0.1) is 34.7 Å². The molecule has 0 spiro atoms. The first-order valence-electron chi connectivity index (χ1n) is 47.9. The molecule has 14 nitrogen and oxygen atoms in total. The quantitative estimate of drug-likeness (QED) is 0.127. The van der Waals surface area contributed by atoms with Gasteiger partial charge in [0.25, 0.3) is 0 Å². The Labute approximate surface area is 789 Å². The summed E-state index contributed by atoms with van der Waals surface area (Å²) < 4.78 is 20.1. The maximum absolute atomic E-state index is 5.28. The molecule has 7 aliphatic rings. The van der Waals surface area contributed by atoms with Gasteiger partial charge in [-0.05, 0) is 349 Å². The highest BCUT2D eigenvalue weighted by Crippen LogP contribution is 2.47. The molecule has 132 heavy (non-hydrogen) atoms. The van der Waals surface area contributed by atoms with Crippen LogP contribution in [0.2, 0.25) is 0 Å². The lowest BCUT2D eigenvalue weighted by atomic mass is 10.0. The van der Waals surface area contributed by atoms with Gasteiger partial charge in [0.2, 0.25) is 5.88 Å². The van der Waals surface area contributed by atoms with Crippen LogP contribution in [0.5, 0.6) is 5.88 Å². The number of hydrogen-bond donors (Lipinski definition) is 0. The summed E-state index contributed by atoms with van der Waals surface area (Å²) in [7, 11) is 14.9. The number of likely N-dealkylation sites (N-methyl/N-ethyl adjacent to an activating group) is 5. The van der Waals surface area contributed by atoms with Crippen LogP contribution in [-0.4, -0.2) is 137 Å². The molecule has 0 saturated heterocycles. The van der Waals surface area contributed by atoms with E-state index in [9.17, 15) is 0 Å². The molecular weight excluding hydrogens is 1660 g/mol. The lowest BCUT2D eigenvalue weighted by molar-refractivity contribution is 0.311. The second-order valence-electron chi connectivity index (χ2n) is 39.2. The van der Waals surface area contributed by atoms with Crippen molar-refractivity contribution in [2.75, 3.05) is 75.1 Å². The van der Waals surface area contributed by atoms with Crippen LogP contribution in [-0.2, 0) is 71.9 Å². The highest BCUT2D eigenvalue weighted by molar-refractivity contribution is 7.13. The maximum atomic E-state index is 5.28. The van der Waals surface area contributed by atoms with Gasteiger partial charge in [-0.2, -0.15) is 0 Å². The van der Waals surface area contributed by atoms with Gasteiger partial charge in [-0.3, -0.25) is 4.98 Å². The molecule has 15 heterocycles. The predicted molar refractivity (Wildman–Crippen MR) is 563 cm³/mol. The van der Waals surface area contributed by atoms with Gasteiger partial charge < -0.3 is 56.6 Å². The molecule has 0 bridgehead atoms. The van der Waals surface area contributed by atoms with E-state index in [4.69, 9.17) is 4.74 Å². The largest absolute Gasteiger partial charge is 0.481 e. The first-order chi connectivity index (χ1) is 63.8. The van der Waals surface area contributed by atoms with Gasteiger partial charge in [0.1, 0.15) is 0 Å². The first-order valence-corrected chi connectivity index (χ1v) is 49.6. The highest BCUT2D eigenvalue weighted by atomic mass is 32.1. The molecule has 678 valence electrons. The van der Waals surface area contributed by atoms with E-state index in [-0.39, 0.29) is 0 Å². The highest BCUT2D eigenvalue weighted by Gasteiger charge is 2.33. The molecule has 23 rings (SSSR count). The number of nitrogens with zero attached hydrogens (tertiary/aromatic N) is 13. The molecule has 16 heteroatoms. The van der Waals surface area contributed by atoms with Crippen molar-refractivity contribution in [1.29, 1.82) is 0 Å². The average Bonchev–Trinajstić information content (AvgIpc) is 1.60. The Morgan fingerprint density at radius 1 is 0.386 bits per heavy atom. The Bertz CT molecular complexity index is 7320. The van der Waals surface area contributed by atoms with E-state index in [1.807, 2.05) is 47.9 Å². The van der Waals surface area contributed by atoms with Crippen molar-refractivity contribution >= 4 is 146 Å². The van der Waals surface area contributed by atoms with Crippen molar-refractivity contribution in [3.05, 3.63) is 308 Å². The SMILES string of the molecule is C/C(=C\n1c2c(c3cc(C)cc(C)c31)CN(C)CC2)c1ccc(C)nc1.C/C(=C\n1c2c(c3cc(C)ccc31)CN(C)CC2)c1sccc1C.COc1cc(/C(C)=C/n2c3c(c4cc(C)ccc42)CN(C)CC3)ccn1.Cc1ccc2c(c1)c1c(n2C2=C(c3ccc(C)s3)CCC2)CCN(C)C1.Cc1ccc2c(c1)c1c(n2C2=C(c3ccc4c(ccn4C)c3)CCC2)CCN(C)C1. The predicted octanol–water partition coefficient (Wildman–Crippen LogP) is 26.5. The molecule has 2 aliphatic carbocycles. The van der Waals surface area contributed by atoms with Crippen LogP contribution in [0.4, 0.5) is 0 Å². The maximum Gasteiger partial charge on any atom is 0.213 e. The Morgan fingerprint density at radius 2 is 0.856 bits per heavy atom. The topological polar surface area (TPSA) is 80.8 Å². The van der Waals surface area contributed by atoms with E-state index in [0.29, 0.717) is 5.88 Å². The van der Waals surface area contributed by atoms with Crippen molar-refractivity contribution in [3.8, 4) is 5.88 Å². The van der Waals surface area contributed by atoms with E-state index in [0.717, 1.165) is 109 Å². The van der Waals surface area contributed by atoms with Crippen LogP contribution in [0, 0.1) is 62.3 Å². The Kier molecular flexibility index (Phi) is 25.5. The number of fused-ring (bicyclic) bond motifs is 16. The summed E-state index contributed by atoms with van der Waals surface area (Å²) in [5, 5.41) is 10.7. The standard InChI is InChI=1S/C27H29N3.C23H27N3.C23H26N2S.C22H25N3O.C21H24N2S/c1-18-7-9-26-22(15-18)23-17-28(2)13-12-27(23)30(26)25-6-4-5-21(25)19-8-10-24-20(16-19)11-14-29(24)3;1-15-10-16(2)23-20(11-15)21-14-25(5)9-8-22(21)26(23)13-17(3)19-7-6-18(4)24-12-19;1-15-7-9-21-18(13-15)19-14-24(3)12-11-22(19)25(21)20-6-4-5-17(20)23-10-8-16(2)26-23;1-15-5-6-20-18(11-15)19-14-24(3)10-8-21(19)25(20)13-16(2)17-7-9-23-22(12-17)26-4;1-14-5-6-19-17(11-14)18-13-22(4)9-7-20(18)23(19)12-16(3)21-15(2)8-10-24-21/h7-11,14-16H,4-6,12-13,17H2,1-3H3;6-7,10-13H,8-9,14H2,1-5H3;7-10,13H,4-6,11-12,14H2,1-3H3;5-7,9,11-13H,8,10,14H2,1-4H3;5-6,8,10-12H,7,9,13H2,1-4H3/b;17-13+;;16-13+;16-12+. The third kappa shape index (κ3) is 17.7. The molecule has 0 saturated carbocycles. The Hall–Kier alpha value is -11.4. The summed E-state index contributed by atoms with van der Waals surface area (Å²) in [6.45, 7) is 37.1. The van der Waals surface area contributed by atoms with Crippen LogP contribution < -0.4 is 4.74 Å². The van der Waals surface area contributed by atoms with E-state index in [1.165, 1.54) is 225 Å². The van der Waals surface area contributed by atoms with Gasteiger partial charge in [0.15, 0.2) is 0 Å². The minimum Gasteiger partial charge on any atom is -0.481 e. The Balaban J connectivity index is 0.000000107. The summed E-state index contributed by atoms with van der Waals surface area (Å²) in [5.74, 6) is 0.645. The van der Waals surface area contributed by atoms with Gasteiger partial charge in [-0.15, -0.1) is 22.7 Å². The van der Waals surface area contributed by atoms with E-state index in [1.54, 1.807) is 52.7 Å². The number of thiophene rings is 2. The second-order valence-corrected chi connectivity index (χ2v) is 41.4. The summed E-state index contributed by atoms with van der Waals surface area (Å²) in [6, 6.07) is 56.7. The number of rotatable bonds is 11. The van der Waals surface area contributed by atoms with Crippen molar-refractivity contribution in [3.63, 3.8) is 0 Å². The van der Waals surface area contributed by atoms with Gasteiger partial charge in [-0.1, -0.05) is 70.3 Å². The number of pyridine rings is 2. The normalized spacial score (nSPS) is 16.5. The molecule has 16 aromatic rings. The molecule has 0 fully saturated rings. The Morgan fingerprint density at radius 3 is 1.37 bits per heavy atom. The molecular formula is C116H131N13OS2. The van der Waals surface area contributed by atoms with Gasteiger partial charge >= 0.3 is 0 Å². The zero-order chi connectivity index (χ0) is 91.8. The number of ether oxygens (including phenoxy) is 1. The number of methoxy groups -OCH3 is 1. The molecule has 5 aliphatic heterocycles. The van der Waals surface area contributed by atoms with Gasteiger partial charge in [0, 0.05) is 246 Å². The third-order valence-electron chi connectivity index (χ3n) is 29.0. The second kappa shape index (κ2) is 37.5. The zero-order valence-electron chi connectivity index (χ0n) is 81.4. The minimum atomic E-state index is 0.645. The molecule has 0 amide bonds. The number of benzene rings is 6. The molecule has 0 N–H and O–H groups in total. The van der Waals surface area contributed by atoms with Crippen LogP contribution in [0.15, 0.2) is 176 Å². The lowest BCUT2D eigenvalue weighted by Gasteiger charge is -2.25. The molecule has 0 unspecified atom stereocenters. The fourth-order valence-corrected chi connectivity index (χ4v) is 24.1. The summed E-state index contributed by atoms with van der Waals surface area (Å²) >= 11 is 3.79. The van der Waals surface area contributed by atoms with Gasteiger partial charge in [-0.25, -0.2) is 4.98 Å². The fourth-order valence-electron chi connectivity index (χ4n) is 22.2. The average molecular weight is 1790 g/mol. The fraction of sp³-hybridized carbons (Fsp3) is 0.345. The van der Waals surface area contributed by atoms with E-state index < -0.39 is 0 Å². The zero-order valence-corrected chi connectivity index (χ0v) is 83.0. The summed E-state index contributed by atoms with van der Waals surface area (Å²) in [5.41, 5.74) is 47.4. The van der Waals surface area contributed by atoms with Crippen LogP contribution in [0.3, 0.4) is 0 Å². The van der Waals surface area contributed by atoms with Crippen molar-refractivity contribution in [2.45, 2.75) is 186 Å². The molecule has 6 aromatic carbocycles. The summed E-state index contributed by atoms with van der Waals surface area (Å²) in [4.78, 5) is 25.1. The third-order valence-corrected chi connectivity index (χ3v) is 31.2. The monoisotopic (exact) mass is 1790 g/mol. The van der Waals surface area contributed by atoms with Crippen molar-refractivity contribution in [2.24, 2.45) is 7.05 Å². The molecule has 10 aromatic heterocycles. The van der Waals surface area contributed by atoms with Crippen molar-refractivity contribution in [1.82, 2.24) is 61.9 Å². The lowest BCUT2D eigenvalue weighted by Crippen LogP contribution is -2.27. The number of hydrogen-bond acceptors (Lipinski definition) is 10. The van der Waals surface area contributed by atoms with Crippen molar-refractivity contribution < 1.29 is 4.74 Å². The number of aromatic nitrogens is 8. The smallest absolute Gasteiger partial charge is 0.213 e. The molecule has 0 radical (unpaired) electrons. The minimum absolute atomic E-state index is 0.645.